The minimum absolute atomic E-state index is 0.308. The van der Waals surface area contributed by atoms with E-state index in [4.69, 9.17) is 10.4 Å². The first-order valence-electron chi connectivity index (χ1n) is 6.06. The summed E-state index contributed by atoms with van der Waals surface area (Å²) in [5.41, 5.74) is 0.308. The predicted molar refractivity (Wildman–Crippen MR) is 67.6 cm³/mol. The Hall–Kier alpha value is -2.20. The van der Waals surface area contributed by atoms with Gasteiger partial charge < -0.3 is 10.0 Å². The maximum atomic E-state index is 10.9. The summed E-state index contributed by atoms with van der Waals surface area (Å²) >= 11 is 0. The van der Waals surface area contributed by atoms with E-state index in [0.29, 0.717) is 37.7 Å². The molecular formula is C12H15N5O2. The van der Waals surface area contributed by atoms with E-state index in [-0.39, 0.29) is 0 Å². The van der Waals surface area contributed by atoms with E-state index in [1.165, 1.54) is 6.20 Å². The summed E-state index contributed by atoms with van der Waals surface area (Å²) < 4.78 is 0. The lowest BCUT2D eigenvalue weighted by atomic mass is 10.2. The normalized spacial score (nSPS) is 17.8. The van der Waals surface area contributed by atoms with Gasteiger partial charge in [0.1, 0.15) is 12.1 Å². The molecule has 1 N–H and O–H groups in total. The topological polar surface area (TPSA) is 93.3 Å². The van der Waals surface area contributed by atoms with Crippen LogP contribution in [0.4, 0.5) is 5.82 Å². The van der Waals surface area contributed by atoms with Crippen LogP contribution < -0.4 is 4.90 Å². The Balaban J connectivity index is 2.04. The fourth-order valence-electron chi connectivity index (χ4n) is 2.12. The number of carbonyl (C=O) groups is 1. The zero-order valence-electron chi connectivity index (χ0n) is 10.7. The zero-order chi connectivity index (χ0) is 13.8. The van der Waals surface area contributed by atoms with Gasteiger partial charge in [-0.3, -0.25) is 9.69 Å². The highest BCUT2D eigenvalue weighted by atomic mass is 16.4. The number of piperazine rings is 1. The van der Waals surface area contributed by atoms with Crippen molar-refractivity contribution in [3.05, 3.63) is 18.1 Å². The molecule has 1 atom stereocenters. The molecule has 0 amide bonds. The predicted octanol–water partition coefficient (Wildman–Crippen LogP) is -0.0566. The van der Waals surface area contributed by atoms with Crippen LogP contribution in [-0.2, 0) is 4.79 Å². The maximum Gasteiger partial charge on any atom is 0.320 e. The number of anilines is 1. The van der Waals surface area contributed by atoms with Crippen LogP contribution >= 0.6 is 0 Å². The van der Waals surface area contributed by atoms with E-state index in [1.807, 2.05) is 15.9 Å². The zero-order valence-corrected chi connectivity index (χ0v) is 10.7. The van der Waals surface area contributed by atoms with Crippen molar-refractivity contribution in [1.29, 1.82) is 5.26 Å². The molecule has 0 bridgehead atoms. The second-order valence-corrected chi connectivity index (χ2v) is 4.38. The number of rotatable bonds is 3. The molecule has 7 heteroatoms. The van der Waals surface area contributed by atoms with Crippen LogP contribution in [0.15, 0.2) is 12.4 Å². The van der Waals surface area contributed by atoms with Gasteiger partial charge in [-0.15, -0.1) is 0 Å². The molecule has 1 saturated heterocycles. The van der Waals surface area contributed by atoms with Gasteiger partial charge in [-0.1, -0.05) is 0 Å². The molecule has 1 aromatic rings. The third kappa shape index (κ3) is 2.80. The van der Waals surface area contributed by atoms with Crippen LogP contribution in [0.2, 0.25) is 0 Å². The molecule has 0 spiro atoms. The Morgan fingerprint density at radius 1 is 1.37 bits per heavy atom. The van der Waals surface area contributed by atoms with Crippen molar-refractivity contribution in [1.82, 2.24) is 14.9 Å². The highest BCUT2D eigenvalue weighted by Gasteiger charge is 2.26. The summed E-state index contributed by atoms with van der Waals surface area (Å²) in [6, 6.07) is 1.54. The smallest absolute Gasteiger partial charge is 0.320 e. The second kappa shape index (κ2) is 5.63. The Morgan fingerprint density at radius 2 is 2.00 bits per heavy atom. The maximum absolute atomic E-state index is 10.9. The second-order valence-electron chi connectivity index (χ2n) is 4.38. The molecule has 0 radical (unpaired) electrons. The van der Waals surface area contributed by atoms with Crippen LogP contribution in [0.5, 0.6) is 0 Å². The van der Waals surface area contributed by atoms with Crippen molar-refractivity contribution in [2.75, 3.05) is 31.1 Å². The number of nitriles is 1. The molecule has 0 saturated carbocycles. The van der Waals surface area contributed by atoms with Crippen molar-refractivity contribution in [2.45, 2.75) is 13.0 Å². The minimum atomic E-state index is -0.814. The summed E-state index contributed by atoms with van der Waals surface area (Å²) in [7, 11) is 0. The van der Waals surface area contributed by atoms with Crippen molar-refractivity contribution < 1.29 is 9.90 Å². The van der Waals surface area contributed by atoms with Gasteiger partial charge in [-0.2, -0.15) is 5.26 Å². The third-order valence-corrected chi connectivity index (χ3v) is 3.30. The molecule has 19 heavy (non-hydrogen) atoms. The molecule has 100 valence electrons. The van der Waals surface area contributed by atoms with Crippen molar-refractivity contribution in [3.8, 4) is 6.07 Å². The van der Waals surface area contributed by atoms with Gasteiger partial charge in [0.2, 0.25) is 0 Å². The van der Waals surface area contributed by atoms with Crippen LogP contribution in [0.25, 0.3) is 0 Å². The molecule has 1 aliphatic rings. The molecule has 1 unspecified atom stereocenters. The first-order chi connectivity index (χ1) is 9.13. The minimum Gasteiger partial charge on any atom is -0.480 e. The number of hydrogen-bond donors (Lipinski definition) is 1. The van der Waals surface area contributed by atoms with E-state index in [1.54, 1.807) is 13.1 Å². The first kappa shape index (κ1) is 13.2. The summed E-state index contributed by atoms with van der Waals surface area (Å²) in [5.74, 6) is -0.238. The van der Waals surface area contributed by atoms with Gasteiger partial charge in [0.15, 0.2) is 11.5 Å². The molecule has 1 aromatic heterocycles. The fraction of sp³-hybridized carbons (Fsp3) is 0.500. The fourth-order valence-corrected chi connectivity index (χ4v) is 2.12. The standard InChI is InChI=1S/C12H15N5O2/c1-9(12(18)19)16-4-6-17(7-5-16)11-10(8-13)14-2-3-15-11/h2-3,9H,4-7H2,1H3,(H,18,19). The van der Waals surface area contributed by atoms with Gasteiger partial charge in [-0.05, 0) is 6.92 Å². The van der Waals surface area contributed by atoms with E-state index < -0.39 is 12.0 Å². The molecule has 2 rings (SSSR count). The monoisotopic (exact) mass is 261 g/mol. The number of carboxylic acid groups (broad SMARTS) is 1. The molecule has 7 nitrogen and oxygen atoms in total. The molecule has 0 aliphatic carbocycles. The summed E-state index contributed by atoms with van der Waals surface area (Å²) in [6.45, 7) is 4.24. The van der Waals surface area contributed by atoms with Gasteiger partial charge in [0.25, 0.3) is 0 Å². The van der Waals surface area contributed by atoms with E-state index in [0.717, 1.165) is 0 Å². The Bertz CT molecular complexity index is 505. The highest BCUT2D eigenvalue weighted by molar-refractivity contribution is 5.72. The lowest BCUT2D eigenvalue weighted by Gasteiger charge is -2.37. The van der Waals surface area contributed by atoms with Crippen LogP contribution in [-0.4, -0.2) is 58.2 Å². The summed E-state index contributed by atoms with van der Waals surface area (Å²) in [4.78, 5) is 23.0. The molecular weight excluding hydrogens is 246 g/mol. The van der Waals surface area contributed by atoms with Gasteiger partial charge >= 0.3 is 5.97 Å². The number of aliphatic carboxylic acids is 1. The van der Waals surface area contributed by atoms with E-state index >= 15 is 0 Å². The number of carboxylic acids is 1. The summed E-state index contributed by atoms with van der Waals surface area (Å²) in [6.07, 6.45) is 3.05. The third-order valence-electron chi connectivity index (χ3n) is 3.30. The quantitative estimate of drug-likeness (QED) is 0.814. The summed E-state index contributed by atoms with van der Waals surface area (Å²) in [5, 5.41) is 18.0. The van der Waals surface area contributed by atoms with Gasteiger partial charge in [0, 0.05) is 38.6 Å². The number of nitrogens with zero attached hydrogens (tertiary/aromatic N) is 5. The molecule has 1 fully saturated rings. The molecule has 2 heterocycles. The Labute approximate surface area is 111 Å². The number of aromatic nitrogens is 2. The van der Waals surface area contributed by atoms with Gasteiger partial charge in [-0.25, -0.2) is 9.97 Å². The Morgan fingerprint density at radius 3 is 2.58 bits per heavy atom. The SMILES string of the molecule is CC(C(=O)O)N1CCN(c2nccnc2C#N)CC1. The lowest BCUT2D eigenvalue weighted by molar-refractivity contribution is -0.142. The lowest BCUT2D eigenvalue weighted by Crippen LogP contribution is -2.52. The average Bonchev–Trinajstić information content (AvgIpc) is 2.46. The molecule has 0 aromatic carbocycles. The molecule has 1 aliphatic heterocycles. The largest absolute Gasteiger partial charge is 0.480 e. The van der Waals surface area contributed by atoms with E-state index in [9.17, 15) is 4.79 Å². The highest BCUT2D eigenvalue weighted by Crippen LogP contribution is 2.17. The average molecular weight is 261 g/mol. The number of hydrogen-bond acceptors (Lipinski definition) is 6. The van der Waals surface area contributed by atoms with Crippen LogP contribution in [0.3, 0.4) is 0 Å². The van der Waals surface area contributed by atoms with Crippen molar-refractivity contribution in [3.63, 3.8) is 0 Å². The van der Waals surface area contributed by atoms with Gasteiger partial charge in [0.05, 0.1) is 0 Å². The van der Waals surface area contributed by atoms with E-state index in [2.05, 4.69) is 9.97 Å². The van der Waals surface area contributed by atoms with Crippen LogP contribution in [0.1, 0.15) is 12.6 Å². The van der Waals surface area contributed by atoms with Crippen molar-refractivity contribution >= 4 is 11.8 Å². The van der Waals surface area contributed by atoms with Crippen LogP contribution in [0, 0.1) is 11.3 Å². The first-order valence-corrected chi connectivity index (χ1v) is 6.06. The Kier molecular flexibility index (Phi) is 3.92. The van der Waals surface area contributed by atoms with Crippen molar-refractivity contribution in [2.24, 2.45) is 0 Å².